The van der Waals surface area contributed by atoms with E-state index in [1.165, 1.54) is 0 Å². The van der Waals surface area contributed by atoms with Crippen LogP contribution in [0.15, 0.2) is 18.2 Å². The van der Waals surface area contributed by atoms with Gasteiger partial charge in [0.2, 0.25) is 5.91 Å². The third-order valence-corrected chi connectivity index (χ3v) is 2.63. The van der Waals surface area contributed by atoms with Crippen molar-refractivity contribution >= 4 is 28.9 Å². The Bertz CT molecular complexity index is 392. The summed E-state index contributed by atoms with van der Waals surface area (Å²) in [4.78, 5) is 13.2. The van der Waals surface area contributed by atoms with Crippen molar-refractivity contribution in [1.82, 2.24) is 0 Å². The molecule has 1 atom stereocenters. The fourth-order valence-corrected chi connectivity index (χ4v) is 1.77. The van der Waals surface area contributed by atoms with Crippen LogP contribution in [0.5, 0.6) is 0 Å². The third kappa shape index (κ3) is 1.34. The molecule has 0 aliphatic carbocycles. The summed E-state index contributed by atoms with van der Waals surface area (Å²) in [6.07, 6.45) is 0. The topological polar surface area (TPSA) is 32.3 Å². The third-order valence-electron chi connectivity index (χ3n) is 2.39. The lowest BCUT2D eigenvalue weighted by molar-refractivity contribution is -0.118. The van der Waals surface area contributed by atoms with Crippen LogP contribution in [0.25, 0.3) is 0 Å². The summed E-state index contributed by atoms with van der Waals surface area (Å²) in [6, 6.07) is 5.31. The Morgan fingerprint density at radius 3 is 2.93 bits per heavy atom. The standard InChI is InChI=1S/C10H11ClN2O/c1-6-10(14)13(2)9-5-7(11)3-4-8(9)12-6/h3-6,12H,1-2H3. The number of benzene rings is 1. The molecule has 1 aromatic carbocycles. The lowest BCUT2D eigenvalue weighted by atomic mass is 10.1. The molecule has 1 aliphatic rings. The molecule has 0 aromatic heterocycles. The van der Waals surface area contributed by atoms with E-state index >= 15 is 0 Å². The van der Waals surface area contributed by atoms with Crippen molar-refractivity contribution in [2.75, 3.05) is 17.3 Å². The molecule has 1 amide bonds. The number of nitrogens with zero attached hydrogens (tertiary/aromatic N) is 1. The molecule has 1 N–H and O–H groups in total. The zero-order valence-corrected chi connectivity index (χ0v) is 8.80. The summed E-state index contributed by atoms with van der Waals surface area (Å²) in [5.74, 6) is 0.0553. The monoisotopic (exact) mass is 210 g/mol. The van der Waals surface area contributed by atoms with Gasteiger partial charge in [0.05, 0.1) is 11.4 Å². The lowest BCUT2D eigenvalue weighted by Crippen LogP contribution is -2.43. The van der Waals surface area contributed by atoms with E-state index in [2.05, 4.69) is 5.32 Å². The Balaban J connectivity index is 2.51. The van der Waals surface area contributed by atoms with Gasteiger partial charge in [-0.25, -0.2) is 0 Å². The number of hydrogen-bond acceptors (Lipinski definition) is 2. The van der Waals surface area contributed by atoms with Crippen molar-refractivity contribution in [3.63, 3.8) is 0 Å². The first kappa shape index (κ1) is 9.34. The SMILES string of the molecule is CC1Nc2ccc(Cl)cc2N(C)C1=O. The van der Waals surface area contributed by atoms with Crippen LogP contribution in [0.3, 0.4) is 0 Å². The lowest BCUT2D eigenvalue weighted by Gasteiger charge is -2.31. The van der Waals surface area contributed by atoms with Gasteiger partial charge in [-0.05, 0) is 25.1 Å². The molecule has 1 aliphatic heterocycles. The first-order valence-electron chi connectivity index (χ1n) is 4.43. The molecule has 0 spiro atoms. The fraction of sp³-hybridized carbons (Fsp3) is 0.300. The number of carbonyl (C=O) groups is 1. The largest absolute Gasteiger partial charge is 0.372 e. The Kier molecular flexibility index (Phi) is 2.11. The normalized spacial score (nSPS) is 20.4. The van der Waals surface area contributed by atoms with Gasteiger partial charge >= 0.3 is 0 Å². The molecule has 14 heavy (non-hydrogen) atoms. The van der Waals surface area contributed by atoms with E-state index in [1.807, 2.05) is 19.1 Å². The van der Waals surface area contributed by atoms with Crippen molar-refractivity contribution in [2.24, 2.45) is 0 Å². The Morgan fingerprint density at radius 1 is 1.50 bits per heavy atom. The minimum Gasteiger partial charge on any atom is -0.372 e. The predicted octanol–water partition coefficient (Wildman–Crippen LogP) is 2.12. The number of nitrogens with one attached hydrogen (secondary N) is 1. The van der Waals surface area contributed by atoms with Crippen LogP contribution in [0.4, 0.5) is 11.4 Å². The summed E-state index contributed by atoms with van der Waals surface area (Å²) in [7, 11) is 1.76. The molecule has 1 aromatic rings. The number of likely N-dealkylation sites (N-methyl/N-ethyl adjacent to an activating group) is 1. The van der Waals surface area contributed by atoms with E-state index in [-0.39, 0.29) is 11.9 Å². The van der Waals surface area contributed by atoms with Gasteiger partial charge in [0, 0.05) is 12.1 Å². The molecular weight excluding hydrogens is 200 g/mol. The number of hydrogen-bond donors (Lipinski definition) is 1. The van der Waals surface area contributed by atoms with Gasteiger partial charge in [-0.15, -0.1) is 0 Å². The Labute approximate surface area is 87.7 Å². The van der Waals surface area contributed by atoms with Gasteiger partial charge in [0.25, 0.3) is 0 Å². The second kappa shape index (κ2) is 3.17. The van der Waals surface area contributed by atoms with Gasteiger partial charge in [0.15, 0.2) is 0 Å². The van der Waals surface area contributed by atoms with E-state index in [0.29, 0.717) is 5.02 Å². The van der Waals surface area contributed by atoms with E-state index in [0.717, 1.165) is 11.4 Å². The van der Waals surface area contributed by atoms with Gasteiger partial charge in [0.1, 0.15) is 6.04 Å². The van der Waals surface area contributed by atoms with E-state index in [9.17, 15) is 4.79 Å². The molecule has 0 radical (unpaired) electrons. The molecule has 74 valence electrons. The van der Waals surface area contributed by atoms with Crippen LogP contribution in [0, 0.1) is 0 Å². The molecule has 0 saturated heterocycles. The molecule has 3 nitrogen and oxygen atoms in total. The van der Waals surface area contributed by atoms with Gasteiger partial charge in [-0.2, -0.15) is 0 Å². The zero-order valence-electron chi connectivity index (χ0n) is 8.04. The maximum atomic E-state index is 11.6. The molecular formula is C10H11ClN2O. The van der Waals surface area contributed by atoms with Crippen molar-refractivity contribution in [2.45, 2.75) is 13.0 Å². The summed E-state index contributed by atoms with van der Waals surface area (Å²) < 4.78 is 0. The molecule has 4 heteroatoms. The zero-order chi connectivity index (χ0) is 10.3. The summed E-state index contributed by atoms with van der Waals surface area (Å²) in [6.45, 7) is 1.84. The molecule has 2 rings (SSSR count). The average molecular weight is 211 g/mol. The number of fused-ring (bicyclic) bond motifs is 1. The highest BCUT2D eigenvalue weighted by Gasteiger charge is 2.26. The molecule has 0 saturated carbocycles. The van der Waals surface area contributed by atoms with Crippen LogP contribution in [-0.2, 0) is 4.79 Å². The summed E-state index contributed by atoms with van der Waals surface area (Å²) in [5.41, 5.74) is 1.78. The first-order chi connectivity index (χ1) is 6.59. The predicted molar refractivity (Wildman–Crippen MR) is 57.9 cm³/mol. The second-order valence-electron chi connectivity index (χ2n) is 3.42. The summed E-state index contributed by atoms with van der Waals surface area (Å²) in [5, 5.41) is 3.76. The van der Waals surface area contributed by atoms with Crippen molar-refractivity contribution in [3.05, 3.63) is 23.2 Å². The number of amides is 1. The number of rotatable bonds is 0. The highest BCUT2D eigenvalue weighted by molar-refractivity contribution is 6.31. The number of anilines is 2. The second-order valence-corrected chi connectivity index (χ2v) is 3.86. The van der Waals surface area contributed by atoms with Crippen LogP contribution in [0.1, 0.15) is 6.92 Å². The van der Waals surface area contributed by atoms with Crippen molar-refractivity contribution < 1.29 is 4.79 Å². The van der Waals surface area contributed by atoms with Crippen LogP contribution in [0.2, 0.25) is 5.02 Å². The quantitative estimate of drug-likeness (QED) is 0.712. The average Bonchev–Trinajstić information content (AvgIpc) is 2.16. The van der Waals surface area contributed by atoms with Crippen LogP contribution < -0.4 is 10.2 Å². The van der Waals surface area contributed by atoms with E-state index < -0.39 is 0 Å². The number of halogens is 1. The van der Waals surface area contributed by atoms with E-state index in [1.54, 1.807) is 18.0 Å². The highest BCUT2D eigenvalue weighted by atomic mass is 35.5. The summed E-state index contributed by atoms with van der Waals surface area (Å²) >= 11 is 5.86. The molecule has 0 fully saturated rings. The fourth-order valence-electron chi connectivity index (χ4n) is 1.61. The maximum Gasteiger partial charge on any atom is 0.248 e. The smallest absolute Gasteiger partial charge is 0.248 e. The molecule has 1 unspecified atom stereocenters. The van der Waals surface area contributed by atoms with E-state index in [4.69, 9.17) is 11.6 Å². The minimum atomic E-state index is -0.173. The number of carbonyl (C=O) groups excluding carboxylic acids is 1. The van der Waals surface area contributed by atoms with Gasteiger partial charge in [-0.3, -0.25) is 4.79 Å². The maximum absolute atomic E-state index is 11.6. The minimum absolute atomic E-state index is 0.0553. The Hall–Kier alpha value is -1.22. The highest BCUT2D eigenvalue weighted by Crippen LogP contribution is 2.32. The van der Waals surface area contributed by atoms with Crippen LogP contribution in [-0.4, -0.2) is 19.0 Å². The van der Waals surface area contributed by atoms with Gasteiger partial charge in [-0.1, -0.05) is 11.6 Å². The first-order valence-corrected chi connectivity index (χ1v) is 4.81. The van der Waals surface area contributed by atoms with Crippen molar-refractivity contribution in [1.29, 1.82) is 0 Å². The Morgan fingerprint density at radius 2 is 2.21 bits per heavy atom. The van der Waals surface area contributed by atoms with Gasteiger partial charge < -0.3 is 10.2 Å². The molecule has 0 bridgehead atoms. The van der Waals surface area contributed by atoms with Crippen molar-refractivity contribution in [3.8, 4) is 0 Å². The molecule has 1 heterocycles. The van der Waals surface area contributed by atoms with Crippen LogP contribution >= 0.6 is 11.6 Å².